The van der Waals surface area contributed by atoms with Crippen LogP contribution in [0.3, 0.4) is 0 Å². The van der Waals surface area contributed by atoms with E-state index in [-0.39, 0.29) is 11.9 Å². The van der Waals surface area contributed by atoms with E-state index in [9.17, 15) is 4.79 Å². The highest BCUT2D eigenvalue weighted by molar-refractivity contribution is 7.99. The second kappa shape index (κ2) is 5.40. The molecular weight excluding hydrogens is 234 g/mol. The highest BCUT2D eigenvalue weighted by Gasteiger charge is 2.26. The Morgan fingerprint density at radius 3 is 3.06 bits per heavy atom. The van der Waals surface area contributed by atoms with Gasteiger partial charge < -0.3 is 11.1 Å². The molecule has 0 aliphatic heterocycles. The van der Waals surface area contributed by atoms with E-state index in [4.69, 9.17) is 5.73 Å². The quantitative estimate of drug-likeness (QED) is 0.857. The molecule has 0 saturated heterocycles. The number of nitrogens with zero attached hydrogens (tertiary/aromatic N) is 1. The molecule has 0 spiro atoms. The molecule has 1 amide bonds. The molecule has 1 fully saturated rings. The van der Waals surface area contributed by atoms with Gasteiger partial charge in [-0.1, -0.05) is 0 Å². The van der Waals surface area contributed by atoms with Gasteiger partial charge in [0.1, 0.15) is 0 Å². The Balaban J connectivity index is 1.96. The van der Waals surface area contributed by atoms with Crippen LogP contribution in [0.25, 0.3) is 0 Å². The number of nitrogens with one attached hydrogen (secondary N) is 1. The summed E-state index contributed by atoms with van der Waals surface area (Å²) in [4.78, 5) is 16.0. The van der Waals surface area contributed by atoms with Crippen molar-refractivity contribution < 1.29 is 4.79 Å². The fourth-order valence-electron chi connectivity index (χ4n) is 2.15. The molecule has 0 bridgehead atoms. The van der Waals surface area contributed by atoms with Crippen LogP contribution in [0.5, 0.6) is 0 Å². The van der Waals surface area contributed by atoms with E-state index in [1.54, 1.807) is 18.3 Å². The van der Waals surface area contributed by atoms with Gasteiger partial charge in [-0.3, -0.25) is 4.79 Å². The van der Waals surface area contributed by atoms with Gasteiger partial charge in [0.15, 0.2) is 5.69 Å². The molecule has 17 heavy (non-hydrogen) atoms. The van der Waals surface area contributed by atoms with E-state index in [1.807, 2.05) is 11.8 Å². The zero-order chi connectivity index (χ0) is 12.3. The third kappa shape index (κ3) is 2.91. The summed E-state index contributed by atoms with van der Waals surface area (Å²) in [5.74, 6) is -0.158. The lowest BCUT2D eigenvalue weighted by Crippen LogP contribution is -2.34. The number of amides is 1. The normalized spacial score (nSPS) is 23.6. The van der Waals surface area contributed by atoms with Crippen molar-refractivity contribution in [2.45, 2.75) is 30.6 Å². The summed E-state index contributed by atoms with van der Waals surface area (Å²) < 4.78 is 0. The maximum absolute atomic E-state index is 12.0. The predicted octanol–water partition coefficient (Wildman–Crippen LogP) is 1.68. The van der Waals surface area contributed by atoms with Crippen LogP contribution in [0.2, 0.25) is 0 Å². The number of thioether (sulfide) groups is 1. The van der Waals surface area contributed by atoms with Crippen molar-refractivity contribution in [1.82, 2.24) is 10.3 Å². The Morgan fingerprint density at radius 2 is 2.41 bits per heavy atom. The number of nitrogen functional groups attached to an aromatic ring is 1. The molecule has 1 heterocycles. The van der Waals surface area contributed by atoms with Crippen molar-refractivity contribution in [2.24, 2.45) is 0 Å². The van der Waals surface area contributed by atoms with Crippen LogP contribution in [0.1, 0.15) is 29.8 Å². The average Bonchev–Trinajstić information content (AvgIpc) is 2.77. The minimum atomic E-state index is -0.158. The van der Waals surface area contributed by atoms with Crippen molar-refractivity contribution in [1.29, 1.82) is 0 Å². The third-order valence-electron chi connectivity index (χ3n) is 3.11. The smallest absolute Gasteiger partial charge is 0.272 e. The van der Waals surface area contributed by atoms with E-state index in [0.29, 0.717) is 16.6 Å². The average molecular weight is 251 g/mol. The summed E-state index contributed by atoms with van der Waals surface area (Å²) in [6.45, 7) is 0. The van der Waals surface area contributed by atoms with Gasteiger partial charge in [0.2, 0.25) is 0 Å². The lowest BCUT2D eigenvalue weighted by molar-refractivity contribution is 0.0934. The molecule has 1 aromatic heterocycles. The van der Waals surface area contributed by atoms with Crippen LogP contribution in [0, 0.1) is 0 Å². The lowest BCUT2D eigenvalue weighted by Gasteiger charge is -2.13. The van der Waals surface area contributed by atoms with E-state index >= 15 is 0 Å². The second-order valence-corrected chi connectivity index (χ2v) is 5.42. The first-order valence-corrected chi connectivity index (χ1v) is 7.03. The third-order valence-corrected chi connectivity index (χ3v) is 4.20. The molecule has 1 aliphatic carbocycles. The lowest BCUT2D eigenvalue weighted by atomic mass is 10.2. The van der Waals surface area contributed by atoms with Gasteiger partial charge in [0.05, 0.1) is 5.69 Å². The van der Waals surface area contributed by atoms with Crippen LogP contribution >= 0.6 is 11.8 Å². The number of hydrogen-bond donors (Lipinski definition) is 2. The van der Waals surface area contributed by atoms with Crippen LogP contribution < -0.4 is 11.1 Å². The first kappa shape index (κ1) is 12.2. The Bertz CT molecular complexity index is 410. The molecule has 3 N–H and O–H groups in total. The maximum atomic E-state index is 12.0. The molecule has 0 radical (unpaired) electrons. The molecule has 2 rings (SSSR count). The molecule has 2 atom stereocenters. The Morgan fingerprint density at radius 1 is 1.59 bits per heavy atom. The fourth-order valence-corrected chi connectivity index (χ4v) is 2.94. The van der Waals surface area contributed by atoms with Crippen molar-refractivity contribution in [3.05, 3.63) is 24.0 Å². The van der Waals surface area contributed by atoms with Crippen LogP contribution in [-0.2, 0) is 0 Å². The summed E-state index contributed by atoms with van der Waals surface area (Å²) in [5, 5.41) is 3.67. The van der Waals surface area contributed by atoms with Gasteiger partial charge >= 0.3 is 0 Å². The minimum Gasteiger partial charge on any atom is -0.397 e. The number of anilines is 1. The first-order valence-electron chi connectivity index (χ1n) is 5.75. The van der Waals surface area contributed by atoms with Gasteiger partial charge in [-0.05, 0) is 37.7 Å². The van der Waals surface area contributed by atoms with Gasteiger partial charge in [0, 0.05) is 17.5 Å². The highest BCUT2D eigenvalue weighted by atomic mass is 32.2. The summed E-state index contributed by atoms with van der Waals surface area (Å²) in [5.41, 5.74) is 6.49. The number of pyridine rings is 1. The van der Waals surface area contributed by atoms with E-state index < -0.39 is 0 Å². The number of hydrogen-bond acceptors (Lipinski definition) is 4. The van der Waals surface area contributed by atoms with E-state index in [1.165, 1.54) is 6.42 Å². The van der Waals surface area contributed by atoms with Gasteiger partial charge in [-0.15, -0.1) is 0 Å². The molecule has 92 valence electrons. The molecule has 1 aromatic rings. The summed E-state index contributed by atoms with van der Waals surface area (Å²) in [6.07, 6.45) is 6.96. The minimum absolute atomic E-state index is 0.158. The largest absolute Gasteiger partial charge is 0.397 e. The number of carbonyl (C=O) groups excluding carboxylic acids is 1. The number of carbonyl (C=O) groups is 1. The van der Waals surface area contributed by atoms with Crippen LogP contribution in [0.15, 0.2) is 18.3 Å². The van der Waals surface area contributed by atoms with Crippen molar-refractivity contribution in [3.8, 4) is 0 Å². The molecule has 5 heteroatoms. The Hall–Kier alpha value is -1.23. The SMILES string of the molecule is CSC1CCC(NC(=O)c2ncccc2N)C1. The van der Waals surface area contributed by atoms with Crippen LogP contribution in [-0.4, -0.2) is 28.4 Å². The topological polar surface area (TPSA) is 68.0 Å². The standard InChI is InChI=1S/C12H17N3OS/c1-17-9-5-4-8(7-9)15-12(16)11-10(13)3-2-6-14-11/h2-3,6,8-9H,4-5,7,13H2,1H3,(H,15,16). The summed E-state index contributed by atoms with van der Waals surface area (Å²) in [6, 6.07) is 3.69. The Kier molecular flexibility index (Phi) is 3.89. The van der Waals surface area contributed by atoms with Crippen molar-refractivity contribution in [2.75, 3.05) is 12.0 Å². The van der Waals surface area contributed by atoms with Crippen molar-refractivity contribution in [3.63, 3.8) is 0 Å². The van der Waals surface area contributed by atoms with Crippen LogP contribution in [0.4, 0.5) is 5.69 Å². The van der Waals surface area contributed by atoms with Crippen molar-refractivity contribution >= 4 is 23.4 Å². The number of nitrogens with two attached hydrogens (primary N) is 1. The van der Waals surface area contributed by atoms with E-state index in [2.05, 4.69) is 16.6 Å². The maximum Gasteiger partial charge on any atom is 0.272 e. The Labute approximate surface area is 105 Å². The molecule has 1 aliphatic rings. The molecule has 0 aromatic carbocycles. The molecule has 4 nitrogen and oxygen atoms in total. The van der Waals surface area contributed by atoms with Gasteiger partial charge in [0.25, 0.3) is 5.91 Å². The first-order chi connectivity index (χ1) is 8.20. The predicted molar refractivity (Wildman–Crippen MR) is 71.1 cm³/mol. The number of rotatable bonds is 3. The zero-order valence-electron chi connectivity index (χ0n) is 9.85. The summed E-state index contributed by atoms with van der Waals surface area (Å²) in [7, 11) is 0. The molecule has 1 saturated carbocycles. The monoisotopic (exact) mass is 251 g/mol. The second-order valence-electron chi connectivity index (χ2n) is 4.28. The number of aromatic nitrogens is 1. The van der Waals surface area contributed by atoms with E-state index in [0.717, 1.165) is 12.8 Å². The molecular formula is C12H17N3OS. The van der Waals surface area contributed by atoms with Gasteiger partial charge in [-0.25, -0.2) is 4.98 Å². The summed E-state index contributed by atoms with van der Waals surface area (Å²) >= 11 is 1.87. The fraction of sp³-hybridized carbons (Fsp3) is 0.500. The molecule has 2 unspecified atom stereocenters. The highest BCUT2D eigenvalue weighted by Crippen LogP contribution is 2.28. The zero-order valence-corrected chi connectivity index (χ0v) is 10.7. The van der Waals surface area contributed by atoms with Gasteiger partial charge in [-0.2, -0.15) is 11.8 Å².